The Balaban J connectivity index is 1.59. The number of thiocarbonyl (C=S) groups is 1. The number of hydrogen-bond acceptors (Lipinski definition) is 7. The lowest BCUT2D eigenvalue weighted by Gasteiger charge is -2.28. The molecule has 24 heavy (non-hydrogen) atoms. The Bertz CT molecular complexity index is 591. The molecule has 2 aliphatic heterocycles. The summed E-state index contributed by atoms with van der Waals surface area (Å²) in [7, 11) is 1.49. The van der Waals surface area contributed by atoms with Crippen molar-refractivity contribution in [3.63, 3.8) is 0 Å². The quantitative estimate of drug-likeness (QED) is 0.752. The van der Waals surface area contributed by atoms with Crippen molar-refractivity contribution in [3.8, 4) is 0 Å². The molecule has 3 heterocycles. The third-order valence-electron chi connectivity index (χ3n) is 4.02. The average molecular weight is 351 g/mol. The van der Waals surface area contributed by atoms with Crippen molar-refractivity contribution in [3.05, 3.63) is 18.3 Å². The molecule has 1 amide bonds. The first-order chi connectivity index (χ1) is 11.7. The fourth-order valence-corrected chi connectivity index (χ4v) is 2.81. The van der Waals surface area contributed by atoms with Gasteiger partial charge in [0.1, 0.15) is 11.9 Å². The Kier molecular flexibility index (Phi) is 5.31. The third kappa shape index (κ3) is 3.85. The predicted octanol–water partition coefficient (Wildman–Crippen LogP) is 0.337. The van der Waals surface area contributed by atoms with Crippen LogP contribution in [-0.2, 0) is 9.47 Å². The first-order valence-corrected chi connectivity index (χ1v) is 8.30. The van der Waals surface area contributed by atoms with Gasteiger partial charge < -0.3 is 25.0 Å². The van der Waals surface area contributed by atoms with E-state index in [1.807, 2.05) is 12.1 Å². The lowest BCUT2D eigenvalue weighted by molar-refractivity contribution is 0.142. The number of aromatic nitrogens is 1. The highest BCUT2D eigenvalue weighted by molar-refractivity contribution is 7.80. The van der Waals surface area contributed by atoms with Crippen molar-refractivity contribution in [2.75, 3.05) is 56.2 Å². The smallest absolute Gasteiger partial charge is 0.414 e. The van der Waals surface area contributed by atoms with E-state index in [1.165, 1.54) is 7.11 Å². The summed E-state index contributed by atoms with van der Waals surface area (Å²) in [5.74, 6) is 0.927. The number of nitrogens with zero attached hydrogens (tertiary/aromatic N) is 3. The molecule has 0 bridgehead atoms. The van der Waals surface area contributed by atoms with E-state index in [9.17, 15) is 4.79 Å². The first kappa shape index (κ1) is 16.7. The van der Waals surface area contributed by atoms with Crippen molar-refractivity contribution in [2.24, 2.45) is 0 Å². The Morgan fingerprint density at radius 1 is 1.50 bits per heavy atom. The fourth-order valence-electron chi connectivity index (χ4n) is 2.73. The first-order valence-electron chi connectivity index (χ1n) is 7.89. The minimum Gasteiger partial charge on any atom is -0.474 e. The van der Waals surface area contributed by atoms with Gasteiger partial charge >= 0.3 is 6.09 Å². The van der Waals surface area contributed by atoms with Crippen molar-refractivity contribution >= 4 is 35.0 Å². The zero-order valence-corrected chi connectivity index (χ0v) is 14.3. The van der Waals surface area contributed by atoms with Gasteiger partial charge in [0.05, 0.1) is 32.1 Å². The maximum atomic E-state index is 12.1. The molecule has 0 aliphatic carbocycles. The second-order valence-corrected chi connectivity index (χ2v) is 5.97. The summed E-state index contributed by atoms with van der Waals surface area (Å²) in [4.78, 5) is 20.3. The summed E-state index contributed by atoms with van der Waals surface area (Å²) < 4.78 is 10.2. The highest BCUT2D eigenvalue weighted by Gasteiger charge is 2.32. The van der Waals surface area contributed by atoms with Crippen molar-refractivity contribution in [1.82, 2.24) is 15.6 Å². The van der Waals surface area contributed by atoms with Gasteiger partial charge in [0.25, 0.3) is 5.17 Å². The Morgan fingerprint density at radius 2 is 2.29 bits per heavy atom. The summed E-state index contributed by atoms with van der Waals surface area (Å²) in [6.07, 6.45) is 1.06. The molecule has 2 N–H and O–H groups in total. The number of rotatable bonds is 4. The van der Waals surface area contributed by atoms with E-state index in [4.69, 9.17) is 21.7 Å². The van der Waals surface area contributed by atoms with Crippen molar-refractivity contribution in [2.45, 2.75) is 6.10 Å². The molecule has 0 spiro atoms. The molecule has 2 aliphatic rings. The van der Waals surface area contributed by atoms with Crippen LogP contribution in [0.4, 0.5) is 16.3 Å². The van der Waals surface area contributed by atoms with E-state index >= 15 is 0 Å². The zero-order chi connectivity index (χ0) is 16.9. The van der Waals surface area contributed by atoms with Gasteiger partial charge in [-0.05, 0) is 24.4 Å². The average Bonchev–Trinajstić information content (AvgIpc) is 3.01. The van der Waals surface area contributed by atoms with Gasteiger partial charge in [-0.15, -0.1) is 0 Å². The van der Waals surface area contributed by atoms with Gasteiger partial charge in [-0.2, -0.15) is 0 Å². The molecule has 9 heteroatoms. The normalized spacial score (nSPS) is 20.7. The van der Waals surface area contributed by atoms with Crippen LogP contribution < -0.4 is 20.4 Å². The van der Waals surface area contributed by atoms with Crippen molar-refractivity contribution in [1.29, 1.82) is 0 Å². The molecule has 1 aromatic rings. The summed E-state index contributed by atoms with van der Waals surface area (Å²) in [6, 6.07) is 3.85. The standard InChI is InChI=1S/C15H21N5O3S/c1-22-14(24)18-9-12-10-20(15(21)23-12)11-2-3-13(17-8-11)19-6-4-16-5-7-19/h2-3,8,12,16H,4-7,9-10H2,1H3,(H,18,24)/t12-/m0/s1. The molecule has 130 valence electrons. The summed E-state index contributed by atoms with van der Waals surface area (Å²) in [5, 5.41) is 6.49. The molecule has 2 saturated heterocycles. The minimum atomic E-state index is -0.373. The zero-order valence-electron chi connectivity index (χ0n) is 13.5. The van der Waals surface area contributed by atoms with E-state index in [-0.39, 0.29) is 17.4 Å². The van der Waals surface area contributed by atoms with Gasteiger partial charge in [-0.1, -0.05) is 0 Å². The highest BCUT2D eigenvalue weighted by atomic mass is 32.1. The molecule has 0 radical (unpaired) electrons. The number of carbonyl (C=O) groups excluding carboxylic acids is 1. The van der Waals surface area contributed by atoms with Crippen LogP contribution in [-0.4, -0.2) is 68.7 Å². The largest absolute Gasteiger partial charge is 0.474 e. The topological polar surface area (TPSA) is 79.0 Å². The van der Waals surface area contributed by atoms with Gasteiger partial charge in [0.2, 0.25) is 0 Å². The number of anilines is 2. The molecule has 1 aromatic heterocycles. The number of methoxy groups -OCH3 is 1. The lowest BCUT2D eigenvalue weighted by Crippen LogP contribution is -2.43. The number of pyridine rings is 1. The van der Waals surface area contributed by atoms with Crippen LogP contribution in [0.5, 0.6) is 0 Å². The van der Waals surface area contributed by atoms with Crippen LogP contribution in [0.25, 0.3) is 0 Å². The number of hydrogen-bond donors (Lipinski definition) is 2. The summed E-state index contributed by atoms with van der Waals surface area (Å²) in [5.41, 5.74) is 0.732. The third-order valence-corrected chi connectivity index (χ3v) is 4.33. The molecule has 0 saturated carbocycles. The molecule has 0 unspecified atom stereocenters. The number of carbonyl (C=O) groups is 1. The number of cyclic esters (lactones) is 1. The fraction of sp³-hybridized carbons (Fsp3) is 0.533. The van der Waals surface area contributed by atoms with Crippen LogP contribution in [0.2, 0.25) is 0 Å². The molecular formula is C15H21N5O3S. The van der Waals surface area contributed by atoms with Crippen molar-refractivity contribution < 1.29 is 14.3 Å². The highest BCUT2D eigenvalue weighted by Crippen LogP contribution is 2.23. The van der Waals surface area contributed by atoms with Crippen LogP contribution in [0, 0.1) is 0 Å². The molecular weight excluding hydrogens is 330 g/mol. The van der Waals surface area contributed by atoms with E-state index in [2.05, 4.69) is 20.5 Å². The molecule has 1 atom stereocenters. The van der Waals surface area contributed by atoms with Gasteiger partial charge in [-0.25, -0.2) is 9.78 Å². The van der Waals surface area contributed by atoms with Gasteiger partial charge in [-0.3, -0.25) is 4.90 Å². The van der Waals surface area contributed by atoms with Gasteiger partial charge in [0, 0.05) is 26.2 Å². The van der Waals surface area contributed by atoms with Crippen LogP contribution in [0.15, 0.2) is 18.3 Å². The number of amides is 1. The Hall–Kier alpha value is -2.13. The maximum absolute atomic E-state index is 12.1. The Labute approximate surface area is 146 Å². The van der Waals surface area contributed by atoms with Crippen LogP contribution >= 0.6 is 12.2 Å². The lowest BCUT2D eigenvalue weighted by atomic mass is 10.3. The Morgan fingerprint density at radius 3 is 2.96 bits per heavy atom. The molecule has 8 nitrogen and oxygen atoms in total. The maximum Gasteiger partial charge on any atom is 0.414 e. The molecule has 0 aromatic carbocycles. The second kappa shape index (κ2) is 7.63. The second-order valence-electron chi connectivity index (χ2n) is 5.60. The number of nitrogens with one attached hydrogen (secondary N) is 2. The molecule has 3 rings (SSSR count). The van der Waals surface area contributed by atoms with Crippen LogP contribution in [0.1, 0.15) is 0 Å². The monoisotopic (exact) mass is 351 g/mol. The summed E-state index contributed by atoms with van der Waals surface area (Å²) >= 11 is 4.91. The summed E-state index contributed by atoms with van der Waals surface area (Å²) in [6.45, 7) is 4.66. The van der Waals surface area contributed by atoms with E-state index < -0.39 is 0 Å². The van der Waals surface area contributed by atoms with E-state index in [1.54, 1.807) is 11.1 Å². The number of ether oxygens (including phenoxy) is 2. The molecule has 2 fully saturated rings. The van der Waals surface area contributed by atoms with Gasteiger partial charge in [0.15, 0.2) is 0 Å². The SMILES string of the molecule is COC(=S)NC[C@H]1CN(c2ccc(N3CCNCC3)nc2)C(=O)O1. The minimum absolute atomic E-state index is 0.279. The predicted molar refractivity (Wildman–Crippen MR) is 94.5 cm³/mol. The van der Waals surface area contributed by atoms with E-state index in [0.29, 0.717) is 13.1 Å². The number of piperazine rings is 1. The van der Waals surface area contributed by atoms with Crippen LogP contribution in [0.3, 0.4) is 0 Å². The van der Waals surface area contributed by atoms with E-state index in [0.717, 1.165) is 37.7 Å².